The number of benzene rings is 2. The molecule has 9 heteroatoms. The Morgan fingerprint density at radius 2 is 1.76 bits per heavy atom. The van der Waals surface area contributed by atoms with Gasteiger partial charge in [-0.15, -0.1) is 0 Å². The molecule has 2 aromatic carbocycles. The van der Waals surface area contributed by atoms with Gasteiger partial charge in [0, 0.05) is 33.3 Å². The lowest BCUT2D eigenvalue weighted by Crippen LogP contribution is -2.42. The molecular formula is C28H38ClF3N2O3. The third-order valence-corrected chi connectivity index (χ3v) is 7.55. The van der Waals surface area contributed by atoms with Crippen LogP contribution in [0.15, 0.2) is 30.3 Å². The molecule has 0 aliphatic carbocycles. The quantitative estimate of drug-likeness (QED) is 0.329. The van der Waals surface area contributed by atoms with E-state index in [0.717, 1.165) is 43.3 Å². The van der Waals surface area contributed by atoms with Crippen molar-refractivity contribution in [1.82, 2.24) is 10.2 Å². The molecule has 206 valence electrons. The summed E-state index contributed by atoms with van der Waals surface area (Å²) in [6.07, 6.45) is -1.85. The van der Waals surface area contributed by atoms with E-state index in [2.05, 4.69) is 30.1 Å². The zero-order valence-electron chi connectivity index (χ0n) is 21.9. The van der Waals surface area contributed by atoms with Gasteiger partial charge in [-0.25, -0.2) is 0 Å². The summed E-state index contributed by atoms with van der Waals surface area (Å²) in [5.41, 5.74) is 1.53. The van der Waals surface area contributed by atoms with E-state index in [1.807, 2.05) is 6.07 Å². The molecule has 1 aliphatic rings. The van der Waals surface area contributed by atoms with E-state index in [4.69, 9.17) is 21.1 Å². The first-order chi connectivity index (χ1) is 17.5. The maximum absolute atomic E-state index is 13.3. The van der Waals surface area contributed by atoms with E-state index < -0.39 is 17.3 Å². The standard InChI is InChI=1S/C28H38ClF3N2O3/c1-20-21(2)26(37-16-5-4-12-33-13-17-36-3)9-6-22(20)19-34-14-10-27(35,11-15-34)23-7-8-25(29)24(18-23)28(30,31)32/h6-9,18,33,35H,4-5,10-17,19H2,1-3H3. The van der Waals surface area contributed by atoms with Crippen LogP contribution in [0.5, 0.6) is 5.75 Å². The second kappa shape index (κ2) is 13.3. The second-order valence-corrected chi connectivity index (χ2v) is 10.2. The maximum Gasteiger partial charge on any atom is 0.417 e. The molecule has 0 bridgehead atoms. The largest absolute Gasteiger partial charge is 0.493 e. The summed E-state index contributed by atoms with van der Waals surface area (Å²) in [6.45, 7) is 9.19. The smallest absolute Gasteiger partial charge is 0.417 e. The Balaban J connectivity index is 1.52. The summed E-state index contributed by atoms with van der Waals surface area (Å²) in [5, 5.41) is 14.1. The molecule has 2 aromatic rings. The minimum atomic E-state index is -4.56. The maximum atomic E-state index is 13.3. The number of hydrogen-bond donors (Lipinski definition) is 2. The first-order valence-corrected chi connectivity index (χ1v) is 13.2. The van der Waals surface area contributed by atoms with Crippen molar-refractivity contribution in [3.8, 4) is 5.75 Å². The minimum absolute atomic E-state index is 0.267. The number of likely N-dealkylation sites (tertiary alicyclic amines) is 1. The van der Waals surface area contributed by atoms with Crippen LogP contribution in [0.2, 0.25) is 5.02 Å². The number of hydrogen-bond acceptors (Lipinski definition) is 5. The molecule has 1 saturated heterocycles. The molecule has 0 aromatic heterocycles. The topological polar surface area (TPSA) is 54.0 Å². The van der Waals surface area contributed by atoms with Crippen LogP contribution >= 0.6 is 11.6 Å². The molecule has 0 atom stereocenters. The Kier molecular flexibility index (Phi) is 10.7. The highest BCUT2D eigenvalue weighted by Crippen LogP contribution is 2.40. The van der Waals surface area contributed by atoms with Crippen LogP contribution in [0.4, 0.5) is 13.2 Å². The summed E-state index contributed by atoms with van der Waals surface area (Å²) < 4.78 is 50.9. The zero-order chi connectivity index (χ0) is 27.1. The fourth-order valence-electron chi connectivity index (χ4n) is 4.66. The summed E-state index contributed by atoms with van der Waals surface area (Å²) >= 11 is 5.76. The van der Waals surface area contributed by atoms with Crippen LogP contribution in [0.1, 0.15) is 53.5 Å². The number of rotatable bonds is 12. The Bertz CT molecular complexity index is 1020. The second-order valence-electron chi connectivity index (χ2n) is 9.77. The molecule has 0 saturated carbocycles. The zero-order valence-corrected chi connectivity index (χ0v) is 22.6. The molecule has 1 fully saturated rings. The van der Waals surface area contributed by atoms with Crippen LogP contribution in [0.3, 0.4) is 0 Å². The average molecular weight is 543 g/mol. The summed E-state index contributed by atoms with van der Waals surface area (Å²) in [7, 11) is 1.69. The number of unbranched alkanes of at least 4 members (excludes halogenated alkanes) is 1. The van der Waals surface area contributed by atoms with Crippen molar-refractivity contribution in [2.75, 3.05) is 46.5 Å². The molecule has 0 amide bonds. The summed E-state index contributed by atoms with van der Waals surface area (Å²) in [5.74, 6) is 0.893. The predicted molar refractivity (Wildman–Crippen MR) is 140 cm³/mol. The molecule has 0 radical (unpaired) electrons. The summed E-state index contributed by atoms with van der Waals surface area (Å²) in [6, 6.07) is 7.81. The number of ether oxygens (including phenoxy) is 2. The molecule has 1 heterocycles. The Morgan fingerprint density at radius 1 is 1.03 bits per heavy atom. The van der Waals surface area contributed by atoms with Gasteiger partial charge in [0.2, 0.25) is 0 Å². The van der Waals surface area contributed by atoms with Gasteiger partial charge in [0.15, 0.2) is 0 Å². The number of methoxy groups -OCH3 is 1. The lowest BCUT2D eigenvalue weighted by atomic mass is 9.83. The van der Waals surface area contributed by atoms with Crippen LogP contribution in [0.25, 0.3) is 0 Å². The molecule has 37 heavy (non-hydrogen) atoms. The lowest BCUT2D eigenvalue weighted by Gasteiger charge is -2.39. The fraction of sp³-hybridized carbons (Fsp3) is 0.571. The molecule has 0 unspecified atom stereocenters. The van der Waals surface area contributed by atoms with Crippen LogP contribution in [-0.2, 0) is 23.1 Å². The van der Waals surface area contributed by atoms with Gasteiger partial charge in [0.05, 0.1) is 29.4 Å². The molecular weight excluding hydrogens is 505 g/mol. The normalized spacial score (nSPS) is 16.2. The molecule has 0 spiro atoms. The van der Waals surface area contributed by atoms with Crippen LogP contribution in [-0.4, -0.2) is 56.5 Å². The van der Waals surface area contributed by atoms with Gasteiger partial charge in [-0.3, -0.25) is 4.90 Å². The monoisotopic (exact) mass is 542 g/mol. The Hall–Kier alpha value is -1.84. The number of aliphatic hydroxyl groups is 1. The highest BCUT2D eigenvalue weighted by molar-refractivity contribution is 6.31. The number of nitrogens with zero attached hydrogens (tertiary/aromatic N) is 1. The van der Waals surface area contributed by atoms with Gasteiger partial charge in [0.1, 0.15) is 5.75 Å². The van der Waals surface area contributed by atoms with Crippen molar-refractivity contribution in [1.29, 1.82) is 0 Å². The molecule has 2 N–H and O–H groups in total. The van der Waals surface area contributed by atoms with E-state index >= 15 is 0 Å². The van der Waals surface area contributed by atoms with Gasteiger partial charge in [-0.05, 0) is 86.5 Å². The first kappa shape index (κ1) is 29.7. The fourth-order valence-corrected chi connectivity index (χ4v) is 4.88. The van der Waals surface area contributed by atoms with E-state index in [1.165, 1.54) is 23.3 Å². The van der Waals surface area contributed by atoms with Crippen molar-refractivity contribution in [2.45, 2.75) is 57.9 Å². The SMILES string of the molecule is COCCNCCCCOc1ccc(CN2CCC(O)(c3ccc(Cl)c(C(F)(F)F)c3)CC2)c(C)c1C. The number of piperidine rings is 1. The highest BCUT2D eigenvalue weighted by Gasteiger charge is 2.38. The molecule has 1 aliphatic heterocycles. The van der Waals surface area contributed by atoms with Crippen molar-refractivity contribution in [2.24, 2.45) is 0 Å². The lowest BCUT2D eigenvalue weighted by molar-refractivity contribution is -0.137. The minimum Gasteiger partial charge on any atom is -0.493 e. The number of alkyl halides is 3. The highest BCUT2D eigenvalue weighted by atomic mass is 35.5. The van der Waals surface area contributed by atoms with Gasteiger partial charge in [0.25, 0.3) is 0 Å². The van der Waals surface area contributed by atoms with E-state index in [0.29, 0.717) is 45.7 Å². The Morgan fingerprint density at radius 3 is 2.43 bits per heavy atom. The van der Waals surface area contributed by atoms with Gasteiger partial charge in [-0.2, -0.15) is 13.2 Å². The van der Waals surface area contributed by atoms with E-state index in [9.17, 15) is 18.3 Å². The average Bonchev–Trinajstić information content (AvgIpc) is 2.85. The van der Waals surface area contributed by atoms with E-state index in [1.54, 1.807) is 7.11 Å². The molecule has 3 rings (SSSR count). The van der Waals surface area contributed by atoms with Crippen molar-refractivity contribution in [3.05, 3.63) is 63.2 Å². The van der Waals surface area contributed by atoms with Gasteiger partial charge < -0.3 is 19.9 Å². The molecule has 5 nitrogen and oxygen atoms in total. The number of halogens is 4. The Labute approximate surface area is 222 Å². The third kappa shape index (κ3) is 8.07. The van der Waals surface area contributed by atoms with Crippen molar-refractivity contribution < 1.29 is 27.8 Å². The van der Waals surface area contributed by atoms with Crippen LogP contribution in [0, 0.1) is 13.8 Å². The van der Waals surface area contributed by atoms with Crippen LogP contribution < -0.4 is 10.1 Å². The third-order valence-electron chi connectivity index (χ3n) is 7.22. The number of nitrogens with one attached hydrogen (secondary N) is 1. The van der Waals surface area contributed by atoms with Gasteiger partial charge >= 0.3 is 6.18 Å². The first-order valence-electron chi connectivity index (χ1n) is 12.8. The predicted octanol–water partition coefficient (Wildman–Crippen LogP) is 5.85. The van der Waals surface area contributed by atoms with E-state index in [-0.39, 0.29) is 10.6 Å². The van der Waals surface area contributed by atoms with Gasteiger partial charge in [-0.1, -0.05) is 23.7 Å². The summed E-state index contributed by atoms with van der Waals surface area (Å²) in [4.78, 5) is 2.23. The van der Waals surface area contributed by atoms with Crippen molar-refractivity contribution in [3.63, 3.8) is 0 Å². The van der Waals surface area contributed by atoms with Crippen molar-refractivity contribution >= 4 is 11.6 Å².